The number of rotatable bonds is 2. The molecule has 2 nitrogen and oxygen atoms in total. The maximum atomic E-state index is 11.1. The third-order valence-corrected chi connectivity index (χ3v) is 2.65. The molecule has 0 saturated heterocycles. The molecule has 1 radical (unpaired) electrons. The van der Waals surface area contributed by atoms with Crippen molar-refractivity contribution in [2.45, 2.75) is 32.6 Å². The third-order valence-electron chi connectivity index (χ3n) is 2.65. The standard InChI is InChI=1S/C8H14NO/c1-7(10)8(6-9)4-2-3-5-8/h9H,2-6H2,1H3. The maximum Gasteiger partial charge on any atom is 0.137 e. The van der Waals surface area contributed by atoms with Crippen LogP contribution in [0.3, 0.4) is 0 Å². The van der Waals surface area contributed by atoms with Crippen molar-refractivity contribution in [2.75, 3.05) is 6.54 Å². The molecule has 0 spiro atoms. The van der Waals surface area contributed by atoms with E-state index < -0.39 is 0 Å². The average Bonchev–Trinajstić information content (AvgIpc) is 2.35. The molecule has 57 valence electrons. The molecule has 1 saturated carbocycles. The fourth-order valence-corrected chi connectivity index (χ4v) is 1.71. The molecule has 1 aliphatic rings. The van der Waals surface area contributed by atoms with E-state index in [0.717, 1.165) is 25.7 Å². The van der Waals surface area contributed by atoms with E-state index in [1.807, 2.05) is 0 Å². The van der Waals surface area contributed by atoms with Crippen LogP contribution in [0.25, 0.3) is 0 Å². The van der Waals surface area contributed by atoms with E-state index in [-0.39, 0.29) is 11.2 Å². The Kier molecular flexibility index (Phi) is 2.09. The van der Waals surface area contributed by atoms with Gasteiger partial charge in [0.25, 0.3) is 0 Å². The zero-order valence-electron chi connectivity index (χ0n) is 6.44. The van der Waals surface area contributed by atoms with E-state index in [4.69, 9.17) is 5.73 Å². The second-order valence-corrected chi connectivity index (χ2v) is 3.22. The first kappa shape index (κ1) is 7.73. The molecule has 1 N–H and O–H groups in total. The Balaban J connectivity index is 2.67. The van der Waals surface area contributed by atoms with E-state index >= 15 is 0 Å². The molecule has 0 heterocycles. The molecule has 0 aromatic rings. The Morgan fingerprint density at radius 2 is 2.00 bits per heavy atom. The van der Waals surface area contributed by atoms with Crippen molar-refractivity contribution in [3.05, 3.63) is 0 Å². The average molecular weight is 140 g/mol. The molecular formula is C8H14NO. The van der Waals surface area contributed by atoms with Crippen LogP contribution >= 0.6 is 0 Å². The maximum absolute atomic E-state index is 11.1. The lowest BCUT2D eigenvalue weighted by molar-refractivity contribution is -0.125. The van der Waals surface area contributed by atoms with Gasteiger partial charge in [-0.2, -0.15) is 0 Å². The monoisotopic (exact) mass is 140 g/mol. The van der Waals surface area contributed by atoms with E-state index in [9.17, 15) is 4.79 Å². The van der Waals surface area contributed by atoms with Crippen molar-refractivity contribution in [1.82, 2.24) is 5.73 Å². The summed E-state index contributed by atoms with van der Waals surface area (Å²) in [5.41, 5.74) is 7.02. The number of Topliss-reactive ketones (excluding diaryl/α,β-unsaturated/α-hetero) is 1. The van der Waals surface area contributed by atoms with Gasteiger partial charge >= 0.3 is 0 Å². The van der Waals surface area contributed by atoms with Crippen LogP contribution in [0.1, 0.15) is 32.6 Å². The second-order valence-electron chi connectivity index (χ2n) is 3.22. The van der Waals surface area contributed by atoms with Gasteiger partial charge in [0.2, 0.25) is 0 Å². The highest BCUT2D eigenvalue weighted by molar-refractivity contribution is 5.82. The van der Waals surface area contributed by atoms with Crippen LogP contribution in [0.4, 0.5) is 0 Å². The first-order valence-corrected chi connectivity index (χ1v) is 3.87. The molecule has 0 aromatic carbocycles. The predicted molar refractivity (Wildman–Crippen MR) is 39.5 cm³/mol. The molecular weight excluding hydrogens is 126 g/mol. The van der Waals surface area contributed by atoms with Gasteiger partial charge in [0.1, 0.15) is 5.78 Å². The number of ketones is 1. The minimum absolute atomic E-state index is 0.222. The van der Waals surface area contributed by atoms with E-state index in [1.54, 1.807) is 6.92 Å². The lowest BCUT2D eigenvalue weighted by atomic mass is 9.83. The zero-order chi connectivity index (χ0) is 7.61. The summed E-state index contributed by atoms with van der Waals surface area (Å²) in [6.45, 7) is 1.92. The zero-order valence-corrected chi connectivity index (χ0v) is 6.44. The fourth-order valence-electron chi connectivity index (χ4n) is 1.71. The summed E-state index contributed by atoms with van der Waals surface area (Å²) in [6, 6.07) is 0. The van der Waals surface area contributed by atoms with Gasteiger partial charge in [0.05, 0.1) is 0 Å². The highest BCUT2D eigenvalue weighted by Gasteiger charge is 2.36. The first-order valence-electron chi connectivity index (χ1n) is 3.87. The first-order chi connectivity index (χ1) is 4.71. The Morgan fingerprint density at radius 1 is 1.50 bits per heavy atom. The number of carbonyl (C=O) groups excluding carboxylic acids is 1. The summed E-state index contributed by atoms with van der Waals surface area (Å²) in [6.07, 6.45) is 4.18. The van der Waals surface area contributed by atoms with Crippen molar-refractivity contribution in [3.8, 4) is 0 Å². The SMILES string of the molecule is CC(=O)C1(C[NH])CCCC1. The van der Waals surface area contributed by atoms with E-state index in [1.165, 1.54) is 0 Å². The minimum atomic E-state index is -0.236. The Labute approximate surface area is 61.8 Å². The highest BCUT2D eigenvalue weighted by atomic mass is 16.1. The summed E-state index contributed by atoms with van der Waals surface area (Å²) in [4.78, 5) is 11.1. The number of carbonyl (C=O) groups is 1. The van der Waals surface area contributed by atoms with Crippen molar-refractivity contribution in [1.29, 1.82) is 0 Å². The van der Waals surface area contributed by atoms with Crippen molar-refractivity contribution in [2.24, 2.45) is 5.41 Å². The normalized spacial score (nSPS) is 23.0. The van der Waals surface area contributed by atoms with Crippen LogP contribution in [-0.2, 0) is 4.79 Å². The number of nitrogens with one attached hydrogen (secondary N) is 1. The molecule has 0 aromatic heterocycles. The molecule has 1 aliphatic carbocycles. The topological polar surface area (TPSA) is 40.9 Å². The van der Waals surface area contributed by atoms with Crippen LogP contribution in [0.15, 0.2) is 0 Å². The lowest BCUT2D eigenvalue weighted by Crippen LogP contribution is -2.30. The molecule has 1 rings (SSSR count). The molecule has 1 fully saturated rings. The van der Waals surface area contributed by atoms with Crippen LogP contribution in [-0.4, -0.2) is 12.3 Å². The molecule has 0 unspecified atom stereocenters. The predicted octanol–water partition coefficient (Wildman–Crippen LogP) is 1.42. The van der Waals surface area contributed by atoms with Crippen molar-refractivity contribution >= 4 is 5.78 Å². The van der Waals surface area contributed by atoms with Crippen LogP contribution in [0, 0.1) is 5.41 Å². The third kappa shape index (κ3) is 1.08. The summed E-state index contributed by atoms with van der Waals surface area (Å²) >= 11 is 0. The van der Waals surface area contributed by atoms with Gasteiger partial charge in [-0.15, -0.1) is 0 Å². The summed E-state index contributed by atoms with van der Waals surface area (Å²) in [5.74, 6) is 0.222. The van der Waals surface area contributed by atoms with E-state index in [2.05, 4.69) is 0 Å². The smallest absolute Gasteiger partial charge is 0.137 e. The molecule has 0 atom stereocenters. The van der Waals surface area contributed by atoms with Gasteiger partial charge in [-0.3, -0.25) is 10.5 Å². The molecule has 0 amide bonds. The fraction of sp³-hybridized carbons (Fsp3) is 0.875. The summed E-state index contributed by atoms with van der Waals surface area (Å²) in [7, 11) is 0. The largest absolute Gasteiger partial charge is 0.299 e. The number of hydrogen-bond donors (Lipinski definition) is 0. The summed E-state index contributed by atoms with van der Waals surface area (Å²) < 4.78 is 0. The molecule has 0 bridgehead atoms. The van der Waals surface area contributed by atoms with Crippen LogP contribution in [0.5, 0.6) is 0 Å². The lowest BCUT2D eigenvalue weighted by Gasteiger charge is -2.22. The molecule has 10 heavy (non-hydrogen) atoms. The second kappa shape index (κ2) is 2.70. The molecule has 2 heteroatoms. The Morgan fingerprint density at radius 3 is 2.20 bits per heavy atom. The van der Waals surface area contributed by atoms with Gasteiger partial charge in [-0.25, -0.2) is 0 Å². The van der Waals surface area contributed by atoms with Crippen molar-refractivity contribution < 1.29 is 4.79 Å². The number of hydrogen-bond acceptors (Lipinski definition) is 1. The van der Waals surface area contributed by atoms with Gasteiger partial charge in [-0.1, -0.05) is 12.8 Å². The highest BCUT2D eigenvalue weighted by Crippen LogP contribution is 2.37. The van der Waals surface area contributed by atoms with Gasteiger partial charge < -0.3 is 0 Å². The Bertz CT molecular complexity index is 136. The molecule has 0 aliphatic heterocycles. The summed E-state index contributed by atoms with van der Waals surface area (Å²) in [5, 5.41) is 0. The van der Waals surface area contributed by atoms with Crippen LogP contribution < -0.4 is 5.73 Å². The van der Waals surface area contributed by atoms with Gasteiger partial charge in [0, 0.05) is 12.0 Å². The quantitative estimate of drug-likeness (QED) is 0.571. The van der Waals surface area contributed by atoms with E-state index in [0.29, 0.717) is 6.54 Å². The van der Waals surface area contributed by atoms with Crippen molar-refractivity contribution in [3.63, 3.8) is 0 Å². The van der Waals surface area contributed by atoms with Gasteiger partial charge in [0.15, 0.2) is 0 Å². The Hall–Kier alpha value is -0.370. The van der Waals surface area contributed by atoms with Crippen LogP contribution in [0.2, 0.25) is 0 Å². The van der Waals surface area contributed by atoms with Gasteiger partial charge in [-0.05, 0) is 19.8 Å². The minimum Gasteiger partial charge on any atom is -0.299 e.